The van der Waals surface area contributed by atoms with Crippen LogP contribution in [0.2, 0.25) is 0 Å². The number of nitro benzene ring substituents is 1. The van der Waals surface area contributed by atoms with Gasteiger partial charge in [-0.15, -0.1) is 0 Å². The minimum atomic E-state index is -1.20. The molecule has 0 spiro atoms. The van der Waals surface area contributed by atoms with Crippen LogP contribution in [0.3, 0.4) is 0 Å². The Labute approximate surface area is 233 Å². The van der Waals surface area contributed by atoms with E-state index < -0.39 is 35.2 Å². The molecule has 3 N–H and O–H groups in total. The number of non-ortho nitro benzene ring substituents is 1. The topological polar surface area (TPSA) is 174 Å². The number of anilines is 1. The molecule has 1 amide bonds. The van der Waals surface area contributed by atoms with Crippen LogP contribution < -0.4 is 15.4 Å². The minimum Gasteiger partial charge on any atom is -0.497 e. The normalized spacial score (nSPS) is 11.5. The molecule has 0 bridgehead atoms. The second-order valence-corrected chi connectivity index (χ2v) is 8.79. The maximum Gasteiger partial charge on any atom is 0.325 e. The van der Waals surface area contributed by atoms with Gasteiger partial charge in [-0.05, 0) is 36.8 Å². The molecule has 2 aromatic heterocycles. The van der Waals surface area contributed by atoms with Gasteiger partial charge in [0.1, 0.15) is 23.8 Å². The summed E-state index contributed by atoms with van der Waals surface area (Å²) in [5.41, 5.74) is 1.44. The average molecular weight is 562 g/mol. The number of amides is 1. The van der Waals surface area contributed by atoms with Gasteiger partial charge in [-0.25, -0.2) is 4.98 Å². The van der Waals surface area contributed by atoms with E-state index in [1.165, 1.54) is 37.4 Å². The highest BCUT2D eigenvalue weighted by Gasteiger charge is 2.24. The van der Waals surface area contributed by atoms with Crippen molar-refractivity contribution in [2.75, 3.05) is 25.6 Å². The van der Waals surface area contributed by atoms with Crippen molar-refractivity contribution in [3.63, 3.8) is 0 Å². The molecule has 212 valence electrons. The zero-order valence-electron chi connectivity index (χ0n) is 22.2. The first-order valence-electron chi connectivity index (χ1n) is 12.5. The average Bonchev–Trinajstić information content (AvgIpc) is 3.34. The molecule has 0 aliphatic rings. The van der Waals surface area contributed by atoms with Gasteiger partial charge in [0.25, 0.3) is 11.6 Å². The first kappa shape index (κ1) is 28.5. The molecule has 2 heterocycles. The van der Waals surface area contributed by atoms with Gasteiger partial charge < -0.3 is 25.2 Å². The SMILES string of the molecule is CCOC(=O)CNc1c(-c2cccc(OC)c2)nc2c(C(=O)NC(CC(=O)O)c3cccc([N+](=O)[O-])c3)cccn12. The maximum atomic E-state index is 13.5. The number of rotatable bonds is 12. The molecule has 1 unspecified atom stereocenters. The van der Waals surface area contributed by atoms with Crippen LogP contribution >= 0.6 is 0 Å². The van der Waals surface area contributed by atoms with Crippen molar-refractivity contribution in [2.45, 2.75) is 19.4 Å². The van der Waals surface area contributed by atoms with Gasteiger partial charge in [-0.3, -0.25) is 28.9 Å². The predicted octanol–water partition coefficient (Wildman–Crippen LogP) is 3.84. The number of ether oxygens (including phenoxy) is 2. The lowest BCUT2D eigenvalue weighted by Crippen LogP contribution is -2.30. The van der Waals surface area contributed by atoms with Crippen LogP contribution in [-0.4, -0.2) is 57.5 Å². The Bertz CT molecular complexity index is 1620. The molecule has 41 heavy (non-hydrogen) atoms. The Hall–Kier alpha value is -5.46. The van der Waals surface area contributed by atoms with Crippen LogP contribution in [0.5, 0.6) is 5.75 Å². The van der Waals surface area contributed by atoms with Crippen molar-refractivity contribution in [1.82, 2.24) is 14.7 Å². The number of nitrogens with one attached hydrogen (secondary N) is 2. The van der Waals surface area contributed by atoms with Gasteiger partial charge in [0.05, 0.1) is 36.7 Å². The number of esters is 1. The number of hydrogen-bond acceptors (Lipinski definition) is 9. The summed E-state index contributed by atoms with van der Waals surface area (Å²) >= 11 is 0. The summed E-state index contributed by atoms with van der Waals surface area (Å²) < 4.78 is 12.0. The summed E-state index contributed by atoms with van der Waals surface area (Å²) in [6.07, 6.45) is 1.15. The van der Waals surface area contributed by atoms with Crippen LogP contribution in [0, 0.1) is 10.1 Å². The Kier molecular flexibility index (Phi) is 8.77. The molecular weight excluding hydrogens is 534 g/mol. The van der Waals surface area contributed by atoms with Crippen LogP contribution in [-0.2, 0) is 14.3 Å². The van der Waals surface area contributed by atoms with Gasteiger partial charge in [0, 0.05) is 23.9 Å². The first-order chi connectivity index (χ1) is 19.7. The van der Waals surface area contributed by atoms with Crippen LogP contribution in [0.15, 0.2) is 66.9 Å². The second kappa shape index (κ2) is 12.6. The highest BCUT2D eigenvalue weighted by atomic mass is 16.6. The number of benzene rings is 2. The third kappa shape index (κ3) is 6.58. The molecular formula is C28H27N5O8. The maximum absolute atomic E-state index is 13.5. The molecule has 4 aromatic rings. The van der Waals surface area contributed by atoms with Crippen molar-refractivity contribution in [3.05, 3.63) is 88.1 Å². The van der Waals surface area contributed by atoms with Crippen LogP contribution in [0.4, 0.5) is 11.5 Å². The number of carboxylic acids is 1. The van der Waals surface area contributed by atoms with Gasteiger partial charge in [0.2, 0.25) is 0 Å². The smallest absolute Gasteiger partial charge is 0.325 e. The molecule has 0 aliphatic heterocycles. The molecule has 0 fully saturated rings. The van der Waals surface area contributed by atoms with Gasteiger partial charge >= 0.3 is 11.9 Å². The summed E-state index contributed by atoms with van der Waals surface area (Å²) in [5, 5.41) is 26.5. The Balaban J connectivity index is 1.77. The summed E-state index contributed by atoms with van der Waals surface area (Å²) in [7, 11) is 1.53. The van der Waals surface area contributed by atoms with E-state index in [2.05, 4.69) is 10.6 Å². The molecule has 0 radical (unpaired) electrons. The molecule has 0 aliphatic carbocycles. The monoisotopic (exact) mass is 561 g/mol. The second-order valence-electron chi connectivity index (χ2n) is 8.79. The summed E-state index contributed by atoms with van der Waals surface area (Å²) in [6, 6.07) is 14.6. The van der Waals surface area contributed by atoms with Crippen LogP contribution in [0.25, 0.3) is 16.9 Å². The number of nitro groups is 1. The molecule has 13 nitrogen and oxygen atoms in total. The quantitative estimate of drug-likeness (QED) is 0.131. The number of methoxy groups -OCH3 is 1. The third-order valence-electron chi connectivity index (χ3n) is 6.11. The van der Waals surface area contributed by atoms with Gasteiger partial charge in [-0.2, -0.15) is 0 Å². The van der Waals surface area contributed by atoms with Gasteiger partial charge in [-0.1, -0.05) is 24.3 Å². The van der Waals surface area contributed by atoms with Gasteiger partial charge in [0.15, 0.2) is 5.65 Å². The molecule has 2 aromatic carbocycles. The number of carboxylic acid groups (broad SMARTS) is 1. The summed E-state index contributed by atoms with van der Waals surface area (Å²) in [5.74, 6) is -1.35. The fraction of sp³-hybridized carbons (Fsp3) is 0.214. The fourth-order valence-corrected chi connectivity index (χ4v) is 4.27. The van der Waals surface area contributed by atoms with E-state index >= 15 is 0 Å². The van der Waals surface area contributed by atoms with Crippen molar-refractivity contribution < 1.29 is 33.9 Å². The van der Waals surface area contributed by atoms with Crippen molar-refractivity contribution in [1.29, 1.82) is 0 Å². The van der Waals surface area contributed by atoms with E-state index in [0.29, 0.717) is 22.8 Å². The Morgan fingerprint density at radius 1 is 1.12 bits per heavy atom. The van der Waals surface area contributed by atoms with Crippen molar-refractivity contribution in [2.24, 2.45) is 0 Å². The Morgan fingerprint density at radius 3 is 2.61 bits per heavy atom. The number of fused-ring (bicyclic) bond motifs is 1. The number of carbonyl (C=O) groups is 3. The first-order valence-corrected chi connectivity index (χ1v) is 12.5. The lowest BCUT2D eigenvalue weighted by atomic mass is 10.0. The number of imidazole rings is 1. The standard InChI is InChI=1S/C28H27N5O8/c1-3-41-24(36)16-29-27-25(18-8-5-10-20(14-18)40-2)31-26-21(11-6-12-32(26)27)28(37)30-22(15-23(34)35)17-7-4-9-19(13-17)33(38)39/h4-14,22,29H,3,15-16H2,1-2H3,(H,30,37)(H,34,35). The highest BCUT2D eigenvalue weighted by molar-refractivity contribution is 6.01. The predicted molar refractivity (Wildman–Crippen MR) is 148 cm³/mol. The number of carbonyl (C=O) groups excluding carboxylic acids is 2. The number of nitrogens with zero attached hydrogens (tertiary/aromatic N) is 3. The summed E-state index contributed by atoms with van der Waals surface area (Å²) in [4.78, 5) is 52.6. The third-order valence-corrected chi connectivity index (χ3v) is 6.11. The van der Waals surface area contributed by atoms with E-state index in [1.807, 2.05) is 0 Å². The van der Waals surface area contributed by atoms with Crippen molar-refractivity contribution >= 4 is 35.0 Å². The lowest BCUT2D eigenvalue weighted by molar-refractivity contribution is -0.384. The van der Waals surface area contributed by atoms with E-state index in [-0.39, 0.29) is 35.6 Å². The van der Waals surface area contributed by atoms with E-state index in [0.717, 1.165) is 0 Å². The fourth-order valence-electron chi connectivity index (χ4n) is 4.27. The molecule has 0 saturated carbocycles. The molecule has 1 atom stereocenters. The lowest BCUT2D eigenvalue weighted by Gasteiger charge is -2.17. The zero-order chi connectivity index (χ0) is 29.5. The van der Waals surface area contributed by atoms with Crippen molar-refractivity contribution in [3.8, 4) is 17.0 Å². The molecule has 0 saturated heterocycles. The number of pyridine rings is 1. The molecule has 13 heteroatoms. The number of aromatic nitrogens is 2. The van der Waals surface area contributed by atoms with E-state index in [1.54, 1.807) is 47.9 Å². The largest absolute Gasteiger partial charge is 0.497 e. The van der Waals surface area contributed by atoms with E-state index in [4.69, 9.17) is 14.5 Å². The zero-order valence-corrected chi connectivity index (χ0v) is 22.2. The summed E-state index contributed by atoms with van der Waals surface area (Å²) in [6.45, 7) is 1.75. The number of aliphatic carboxylic acids is 1. The minimum absolute atomic E-state index is 0.113. The Morgan fingerprint density at radius 2 is 1.90 bits per heavy atom. The highest BCUT2D eigenvalue weighted by Crippen LogP contribution is 2.32. The van der Waals surface area contributed by atoms with Crippen LogP contribution in [0.1, 0.15) is 35.3 Å². The van der Waals surface area contributed by atoms with E-state index in [9.17, 15) is 29.6 Å². The number of hydrogen-bond donors (Lipinski definition) is 3. The molecule has 4 rings (SSSR count).